The molecule has 0 aliphatic carbocycles. The zero-order valence-electron chi connectivity index (χ0n) is 15.6. The number of benzene rings is 2. The van der Waals surface area contributed by atoms with Crippen LogP contribution in [0.25, 0.3) is 0 Å². The minimum absolute atomic E-state index is 0.574. The van der Waals surface area contributed by atoms with E-state index in [1.165, 1.54) is 24.1 Å². The number of hydrogen-bond donors (Lipinski definition) is 0. The Morgan fingerprint density at radius 3 is 1.81 bits per heavy atom. The van der Waals surface area contributed by atoms with Crippen molar-refractivity contribution < 1.29 is 13.2 Å². The van der Waals surface area contributed by atoms with Crippen molar-refractivity contribution in [2.24, 2.45) is 0 Å². The maximum absolute atomic E-state index is 12.6. The molecule has 1 heterocycles. The van der Waals surface area contributed by atoms with Crippen LogP contribution in [0.1, 0.15) is 23.1 Å². The topological polar surface area (TPSA) is 6.48 Å². The van der Waals surface area contributed by atoms with Crippen molar-refractivity contribution in [1.82, 2.24) is 9.80 Å². The van der Waals surface area contributed by atoms with Crippen LogP contribution >= 0.6 is 0 Å². The van der Waals surface area contributed by atoms with E-state index >= 15 is 0 Å². The molecular formula is C22H27F3N2. The van der Waals surface area contributed by atoms with Crippen LogP contribution in [0.4, 0.5) is 13.2 Å². The highest BCUT2D eigenvalue weighted by molar-refractivity contribution is 5.24. The minimum atomic E-state index is -4.25. The molecule has 0 radical (unpaired) electrons. The number of hydrogen-bond acceptors (Lipinski definition) is 2. The van der Waals surface area contributed by atoms with Crippen LogP contribution in [0, 0.1) is 0 Å². The van der Waals surface area contributed by atoms with Crippen LogP contribution in [0.15, 0.2) is 54.6 Å². The molecule has 0 unspecified atom stereocenters. The van der Waals surface area contributed by atoms with Gasteiger partial charge in [-0.25, -0.2) is 0 Å². The highest BCUT2D eigenvalue weighted by atomic mass is 19.4. The van der Waals surface area contributed by atoms with E-state index in [1.807, 2.05) is 6.07 Å². The SMILES string of the molecule is FC(F)(F)c1ccc(CCN2CCN(CCCc3ccccc3)CC2)cc1. The molecule has 0 aromatic heterocycles. The maximum Gasteiger partial charge on any atom is 0.416 e. The first-order valence-electron chi connectivity index (χ1n) is 9.65. The third kappa shape index (κ3) is 6.36. The summed E-state index contributed by atoms with van der Waals surface area (Å²) in [5.41, 5.74) is 1.79. The van der Waals surface area contributed by atoms with Gasteiger partial charge in [0.25, 0.3) is 0 Å². The van der Waals surface area contributed by atoms with E-state index in [1.54, 1.807) is 12.1 Å². The van der Waals surface area contributed by atoms with Crippen LogP contribution in [-0.2, 0) is 19.0 Å². The first kappa shape index (κ1) is 19.9. The molecule has 0 saturated carbocycles. The van der Waals surface area contributed by atoms with Gasteiger partial charge in [0.1, 0.15) is 0 Å². The van der Waals surface area contributed by atoms with Gasteiger partial charge in [-0.2, -0.15) is 13.2 Å². The molecule has 1 aliphatic rings. The van der Waals surface area contributed by atoms with E-state index in [2.05, 4.69) is 34.1 Å². The first-order chi connectivity index (χ1) is 13.0. The molecule has 2 aromatic rings. The second-order valence-electron chi connectivity index (χ2n) is 7.22. The first-order valence-corrected chi connectivity index (χ1v) is 9.65. The lowest BCUT2D eigenvalue weighted by Crippen LogP contribution is -2.47. The lowest BCUT2D eigenvalue weighted by Gasteiger charge is -2.34. The highest BCUT2D eigenvalue weighted by Crippen LogP contribution is 2.29. The normalized spacial score (nSPS) is 16.6. The molecule has 2 aromatic carbocycles. The molecule has 27 heavy (non-hydrogen) atoms. The largest absolute Gasteiger partial charge is 0.416 e. The second-order valence-corrected chi connectivity index (χ2v) is 7.22. The minimum Gasteiger partial charge on any atom is -0.301 e. The van der Waals surface area contributed by atoms with E-state index in [9.17, 15) is 13.2 Å². The predicted octanol–water partition coefficient (Wildman–Crippen LogP) is 4.50. The molecule has 1 fully saturated rings. The molecular weight excluding hydrogens is 349 g/mol. The van der Waals surface area contributed by atoms with Gasteiger partial charge in [0, 0.05) is 32.7 Å². The summed E-state index contributed by atoms with van der Waals surface area (Å²) in [5, 5.41) is 0. The van der Waals surface area contributed by atoms with Crippen LogP contribution in [0.3, 0.4) is 0 Å². The standard InChI is InChI=1S/C22H27F3N2/c23-22(24,25)21-10-8-20(9-11-21)12-14-27-17-15-26(16-18-27)13-4-7-19-5-2-1-3-6-19/h1-3,5-6,8-11H,4,7,12-18H2. The molecule has 0 N–H and O–H groups in total. The summed E-state index contributed by atoms with van der Waals surface area (Å²) in [6, 6.07) is 16.1. The molecule has 0 atom stereocenters. The van der Waals surface area contributed by atoms with Gasteiger partial charge in [-0.15, -0.1) is 0 Å². The van der Waals surface area contributed by atoms with Crippen molar-refractivity contribution in [3.63, 3.8) is 0 Å². The van der Waals surface area contributed by atoms with Gasteiger partial charge >= 0.3 is 6.18 Å². The molecule has 0 bridgehead atoms. The Balaban J connectivity index is 1.33. The molecule has 2 nitrogen and oxygen atoms in total. The monoisotopic (exact) mass is 376 g/mol. The summed E-state index contributed by atoms with van der Waals surface area (Å²) in [7, 11) is 0. The molecule has 1 aliphatic heterocycles. The lowest BCUT2D eigenvalue weighted by molar-refractivity contribution is -0.137. The zero-order valence-corrected chi connectivity index (χ0v) is 15.6. The van der Waals surface area contributed by atoms with E-state index in [0.717, 1.165) is 57.7 Å². The third-order valence-corrected chi connectivity index (χ3v) is 5.25. The van der Waals surface area contributed by atoms with E-state index in [4.69, 9.17) is 0 Å². The average molecular weight is 376 g/mol. The van der Waals surface area contributed by atoms with Gasteiger partial charge in [0.15, 0.2) is 0 Å². The fraction of sp³-hybridized carbons (Fsp3) is 0.455. The van der Waals surface area contributed by atoms with Crippen molar-refractivity contribution in [1.29, 1.82) is 0 Å². The number of piperazine rings is 1. The summed E-state index contributed by atoms with van der Waals surface area (Å²) >= 11 is 0. The van der Waals surface area contributed by atoms with Crippen LogP contribution in [0.2, 0.25) is 0 Å². The quantitative estimate of drug-likeness (QED) is 0.702. The maximum atomic E-state index is 12.6. The van der Waals surface area contributed by atoms with Gasteiger partial charge in [-0.1, -0.05) is 42.5 Å². The number of halogens is 3. The summed E-state index contributed by atoms with van der Waals surface area (Å²) in [6.45, 7) is 6.24. The van der Waals surface area contributed by atoms with Gasteiger partial charge in [-0.3, -0.25) is 0 Å². The fourth-order valence-corrected chi connectivity index (χ4v) is 3.54. The predicted molar refractivity (Wildman–Crippen MR) is 103 cm³/mol. The molecule has 3 rings (SSSR count). The highest BCUT2D eigenvalue weighted by Gasteiger charge is 2.29. The van der Waals surface area contributed by atoms with Crippen molar-refractivity contribution in [2.45, 2.75) is 25.4 Å². The van der Waals surface area contributed by atoms with Gasteiger partial charge < -0.3 is 9.80 Å². The Morgan fingerprint density at radius 2 is 1.22 bits per heavy atom. The van der Waals surface area contributed by atoms with Crippen LogP contribution in [-0.4, -0.2) is 49.1 Å². The Hall–Kier alpha value is -1.85. The third-order valence-electron chi connectivity index (χ3n) is 5.25. The zero-order chi connectivity index (χ0) is 19.1. The van der Waals surface area contributed by atoms with Gasteiger partial charge in [-0.05, 0) is 49.1 Å². The van der Waals surface area contributed by atoms with Crippen LogP contribution in [0.5, 0.6) is 0 Å². The Labute approximate surface area is 159 Å². The van der Waals surface area contributed by atoms with E-state index in [-0.39, 0.29) is 0 Å². The van der Waals surface area contributed by atoms with Crippen LogP contribution < -0.4 is 0 Å². The Morgan fingerprint density at radius 1 is 0.667 bits per heavy atom. The fourth-order valence-electron chi connectivity index (χ4n) is 3.54. The lowest BCUT2D eigenvalue weighted by atomic mass is 10.1. The summed E-state index contributed by atoms with van der Waals surface area (Å²) in [6.07, 6.45) is -1.16. The molecule has 1 saturated heterocycles. The Kier molecular flexibility index (Phi) is 6.91. The average Bonchev–Trinajstić information content (AvgIpc) is 2.68. The number of alkyl halides is 3. The summed E-state index contributed by atoms with van der Waals surface area (Å²) < 4.78 is 37.8. The number of nitrogens with zero attached hydrogens (tertiary/aromatic N) is 2. The van der Waals surface area contributed by atoms with Gasteiger partial charge in [0.2, 0.25) is 0 Å². The number of aryl methyl sites for hydroxylation is 1. The van der Waals surface area contributed by atoms with Crippen molar-refractivity contribution >= 4 is 0 Å². The molecule has 0 amide bonds. The van der Waals surface area contributed by atoms with Crippen molar-refractivity contribution in [3.05, 3.63) is 71.3 Å². The van der Waals surface area contributed by atoms with Crippen molar-refractivity contribution in [3.8, 4) is 0 Å². The Bertz CT molecular complexity index is 675. The molecule has 5 heteroatoms. The summed E-state index contributed by atoms with van der Waals surface area (Å²) in [5.74, 6) is 0. The molecule has 0 spiro atoms. The van der Waals surface area contributed by atoms with E-state index < -0.39 is 11.7 Å². The van der Waals surface area contributed by atoms with Crippen molar-refractivity contribution in [2.75, 3.05) is 39.3 Å². The van der Waals surface area contributed by atoms with Gasteiger partial charge in [0.05, 0.1) is 5.56 Å². The summed E-state index contributed by atoms with van der Waals surface area (Å²) in [4.78, 5) is 4.92. The second kappa shape index (κ2) is 9.38. The molecule has 146 valence electrons. The number of rotatable bonds is 7. The smallest absolute Gasteiger partial charge is 0.301 e. The van der Waals surface area contributed by atoms with E-state index in [0.29, 0.717) is 0 Å².